The molecule has 1 aromatic rings. The lowest BCUT2D eigenvalue weighted by Crippen LogP contribution is -2.07. The molecule has 0 aromatic heterocycles. The van der Waals surface area contributed by atoms with Crippen molar-refractivity contribution in [3.05, 3.63) is 28.3 Å². The van der Waals surface area contributed by atoms with E-state index in [9.17, 15) is 4.79 Å². The zero-order chi connectivity index (χ0) is 12.5. The fourth-order valence-corrected chi connectivity index (χ4v) is 2.39. The van der Waals surface area contributed by atoms with Gasteiger partial charge in [0.1, 0.15) is 11.3 Å². The molecule has 0 radical (unpaired) electrons. The van der Waals surface area contributed by atoms with E-state index in [0.717, 1.165) is 36.1 Å². The van der Waals surface area contributed by atoms with Crippen molar-refractivity contribution < 1.29 is 9.53 Å². The van der Waals surface area contributed by atoms with E-state index in [-0.39, 0.29) is 0 Å². The molecule has 0 bridgehead atoms. The van der Waals surface area contributed by atoms with Gasteiger partial charge in [-0.1, -0.05) is 18.5 Å². The normalized spacial score (nSPS) is 16.2. The SMILES string of the molecule is CCc1cc(Cl)cc(C2(N=C=O)CC2)c1OC. The Bertz CT molecular complexity index is 488. The first-order chi connectivity index (χ1) is 8.16. The van der Waals surface area contributed by atoms with Crippen LogP contribution in [0, 0.1) is 0 Å². The van der Waals surface area contributed by atoms with E-state index in [1.807, 2.05) is 19.1 Å². The number of carbonyl (C=O) groups excluding carboxylic acids is 1. The van der Waals surface area contributed by atoms with Gasteiger partial charge in [0.25, 0.3) is 0 Å². The molecule has 0 N–H and O–H groups in total. The Morgan fingerprint density at radius 2 is 2.24 bits per heavy atom. The quantitative estimate of drug-likeness (QED) is 0.609. The average Bonchev–Trinajstić information content (AvgIpc) is 3.09. The maximum absolute atomic E-state index is 10.5. The van der Waals surface area contributed by atoms with Gasteiger partial charge in [0.15, 0.2) is 0 Å². The van der Waals surface area contributed by atoms with Gasteiger partial charge in [-0.25, -0.2) is 4.79 Å². The summed E-state index contributed by atoms with van der Waals surface area (Å²) in [7, 11) is 1.63. The number of methoxy groups -OCH3 is 1. The highest BCUT2D eigenvalue weighted by atomic mass is 35.5. The Balaban J connectivity index is 2.60. The molecule has 4 heteroatoms. The highest BCUT2D eigenvalue weighted by Crippen LogP contribution is 2.53. The topological polar surface area (TPSA) is 38.7 Å². The summed E-state index contributed by atoms with van der Waals surface area (Å²) in [6, 6.07) is 3.73. The lowest BCUT2D eigenvalue weighted by molar-refractivity contribution is 0.399. The summed E-state index contributed by atoms with van der Waals surface area (Å²) in [6.07, 6.45) is 4.18. The first kappa shape index (κ1) is 12.2. The fourth-order valence-electron chi connectivity index (χ4n) is 2.15. The van der Waals surface area contributed by atoms with Gasteiger partial charge >= 0.3 is 0 Å². The number of rotatable bonds is 4. The van der Waals surface area contributed by atoms with Gasteiger partial charge in [0, 0.05) is 10.6 Å². The summed E-state index contributed by atoms with van der Waals surface area (Å²) < 4.78 is 5.45. The lowest BCUT2D eigenvalue weighted by atomic mass is 9.99. The molecule has 0 aliphatic heterocycles. The minimum absolute atomic E-state index is 0.443. The van der Waals surface area contributed by atoms with Crippen LogP contribution in [0.5, 0.6) is 5.75 Å². The van der Waals surface area contributed by atoms with Crippen LogP contribution in [0.3, 0.4) is 0 Å². The molecule has 0 unspecified atom stereocenters. The summed E-state index contributed by atoms with van der Waals surface area (Å²) >= 11 is 6.10. The van der Waals surface area contributed by atoms with Crippen molar-refractivity contribution in [3.8, 4) is 5.75 Å². The molecule has 90 valence electrons. The molecule has 2 rings (SSSR count). The van der Waals surface area contributed by atoms with Crippen LogP contribution in [0.4, 0.5) is 0 Å². The summed E-state index contributed by atoms with van der Waals surface area (Å²) in [6.45, 7) is 2.04. The molecular formula is C13H14ClNO2. The van der Waals surface area contributed by atoms with Gasteiger partial charge in [0.2, 0.25) is 6.08 Å². The highest BCUT2D eigenvalue weighted by molar-refractivity contribution is 6.30. The van der Waals surface area contributed by atoms with Crippen LogP contribution in [-0.2, 0) is 16.8 Å². The van der Waals surface area contributed by atoms with Crippen LogP contribution in [0.15, 0.2) is 17.1 Å². The van der Waals surface area contributed by atoms with E-state index in [2.05, 4.69) is 4.99 Å². The molecule has 1 aliphatic carbocycles. The number of hydrogen-bond acceptors (Lipinski definition) is 3. The average molecular weight is 252 g/mol. The van der Waals surface area contributed by atoms with E-state index >= 15 is 0 Å². The largest absolute Gasteiger partial charge is 0.496 e. The lowest BCUT2D eigenvalue weighted by Gasteiger charge is -2.17. The minimum Gasteiger partial charge on any atom is -0.496 e. The van der Waals surface area contributed by atoms with Gasteiger partial charge in [-0.15, -0.1) is 0 Å². The van der Waals surface area contributed by atoms with Gasteiger partial charge < -0.3 is 4.74 Å². The van der Waals surface area contributed by atoms with Crippen molar-refractivity contribution in [2.24, 2.45) is 4.99 Å². The van der Waals surface area contributed by atoms with E-state index in [1.54, 1.807) is 13.2 Å². The van der Waals surface area contributed by atoms with E-state index in [4.69, 9.17) is 16.3 Å². The fraction of sp³-hybridized carbons (Fsp3) is 0.462. The number of aliphatic imine (C=N–C) groups is 1. The third-order valence-electron chi connectivity index (χ3n) is 3.20. The molecular weight excluding hydrogens is 238 g/mol. The van der Waals surface area contributed by atoms with E-state index in [0.29, 0.717) is 5.02 Å². The molecule has 17 heavy (non-hydrogen) atoms. The van der Waals surface area contributed by atoms with Gasteiger partial charge in [-0.2, -0.15) is 4.99 Å². The molecule has 0 atom stereocenters. The first-order valence-electron chi connectivity index (χ1n) is 5.63. The Morgan fingerprint density at radius 3 is 2.71 bits per heavy atom. The maximum atomic E-state index is 10.5. The second kappa shape index (κ2) is 4.52. The molecule has 3 nitrogen and oxygen atoms in total. The monoisotopic (exact) mass is 251 g/mol. The van der Waals surface area contributed by atoms with Crippen LogP contribution in [0.2, 0.25) is 5.02 Å². The summed E-state index contributed by atoms with van der Waals surface area (Å²) in [5.74, 6) is 0.799. The highest BCUT2D eigenvalue weighted by Gasteiger charge is 2.47. The Labute approximate surface area is 105 Å². The molecule has 1 aliphatic rings. The third-order valence-corrected chi connectivity index (χ3v) is 3.42. The van der Waals surface area contributed by atoms with E-state index in [1.165, 1.54) is 0 Å². The zero-order valence-corrected chi connectivity index (χ0v) is 10.7. The third kappa shape index (κ3) is 2.08. The van der Waals surface area contributed by atoms with Crippen molar-refractivity contribution in [2.45, 2.75) is 31.7 Å². The Kier molecular flexibility index (Phi) is 3.23. The predicted molar refractivity (Wildman–Crippen MR) is 66.4 cm³/mol. The van der Waals surface area contributed by atoms with Gasteiger partial charge in [-0.3, -0.25) is 0 Å². The number of aryl methyl sites for hydroxylation is 1. The minimum atomic E-state index is -0.443. The smallest absolute Gasteiger partial charge is 0.235 e. The number of benzene rings is 1. The number of isocyanates is 1. The number of halogens is 1. The molecule has 0 saturated heterocycles. The van der Waals surface area contributed by atoms with Crippen molar-refractivity contribution in [2.75, 3.05) is 7.11 Å². The molecule has 0 spiro atoms. The van der Waals surface area contributed by atoms with Gasteiger partial charge in [0.05, 0.1) is 7.11 Å². The van der Waals surface area contributed by atoms with Crippen LogP contribution in [0.25, 0.3) is 0 Å². The van der Waals surface area contributed by atoms with E-state index < -0.39 is 5.54 Å². The number of ether oxygens (including phenoxy) is 1. The Hall–Kier alpha value is -1.31. The summed E-state index contributed by atoms with van der Waals surface area (Å²) in [4.78, 5) is 14.4. The molecule has 1 fully saturated rings. The van der Waals surface area contributed by atoms with Crippen molar-refractivity contribution in [1.82, 2.24) is 0 Å². The number of hydrogen-bond donors (Lipinski definition) is 0. The van der Waals surface area contributed by atoms with Crippen LogP contribution in [-0.4, -0.2) is 13.2 Å². The van der Waals surface area contributed by atoms with Crippen LogP contribution in [0.1, 0.15) is 30.9 Å². The molecule has 0 heterocycles. The Morgan fingerprint density at radius 1 is 1.53 bits per heavy atom. The second-order valence-corrected chi connectivity index (χ2v) is 4.67. The van der Waals surface area contributed by atoms with Crippen LogP contribution >= 0.6 is 11.6 Å². The first-order valence-corrected chi connectivity index (χ1v) is 6.00. The maximum Gasteiger partial charge on any atom is 0.235 e. The predicted octanol–water partition coefficient (Wildman–Crippen LogP) is 3.24. The summed E-state index contributed by atoms with van der Waals surface area (Å²) in [5, 5.41) is 0.657. The van der Waals surface area contributed by atoms with Gasteiger partial charge in [-0.05, 0) is 37.0 Å². The van der Waals surface area contributed by atoms with Crippen molar-refractivity contribution >= 4 is 17.7 Å². The molecule has 1 aromatic carbocycles. The molecule has 1 saturated carbocycles. The van der Waals surface area contributed by atoms with Crippen molar-refractivity contribution in [1.29, 1.82) is 0 Å². The standard InChI is InChI=1S/C13H14ClNO2/c1-3-9-6-10(14)7-11(12(9)17-2)13(4-5-13)15-8-16/h6-7H,3-5H2,1-2H3. The van der Waals surface area contributed by atoms with Crippen molar-refractivity contribution in [3.63, 3.8) is 0 Å². The summed E-state index contributed by atoms with van der Waals surface area (Å²) in [5.41, 5.74) is 1.51. The van der Waals surface area contributed by atoms with Crippen LogP contribution < -0.4 is 4.74 Å². The zero-order valence-electron chi connectivity index (χ0n) is 9.92. The number of nitrogens with zero attached hydrogens (tertiary/aromatic N) is 1. The second-order valence-electron chi connectivity index (χ2n) is 4.23. The molecule has 0 amide bonds.